The van der Waals surface area contributed by atoms with E-state index < -0.39 is 0 Å². The summed E-state index contributed by atoms with van der Waals surface area (Å²) in [7, 11) is 0. The van der Waals surface area contributed by atoms with Gasteiger partial charge in [0.15, 0.2) is 0 Å². The van der Waals surface area contributed by atoms with Crippen LogP contribution in [0.2, 0.25) is 0 Å². The van der Waals surface area contributed by atoms with E-state index in [2.05, 4.69) is 38.5 Å². The van der Waals surface area contributed by atoms with Crippen molar-refractivity contribution in [2.24, 2.45) is 5.73 Å². The third kappa shape index (κ3) is 3.76. The molecule has 0 bridgehead atoms. The smallest absolute Gasteiger partial charge is 0.129 e. The Bertz CT molecular complexity index is 566. The van der Waals surface area contributed by atoms with Crippen LogP contribution in [-0.4, -0.2) is 27.5 Å². The van der Waals surface area contributed by atoms with E-state index in [1.54, 1.807) is 6.33 Å². The van der Waals surface area contributed by atoms with Crippen molar-refractivity contribution in [2.45, 2.75) is 37.6 Å². The van der Waals surface area contributed by atoms with Crippen molar-refractivity contribution >= 4 is 5.82 Å². The Morgan fingerprint density at radius 1 is 1.19 bits per heavy atom. The molecule has 0 unspecified atom stereocenters. The van der Waals surface area contributed by atoms with E-state index in [4.69, 9.17) is 5.73 Å². The molecule has 3 rings (SSSR count). The standard InChI is InChI=1S/C16H21N5/c17-14-8-13(9-14)15-10-16(21-11-20-15)19-5-1-2-12-3-6-18-7-4-12/h3-4,6-7,10-11,13-14H,1-2,5,8-9,17H2,(H,19,20,21). The van der Waals surface area contributed by atoms with Gasteiger partial charge < -0.3 is 11.1 Å². The molecule has 0 saturated heterocycles. The quantitative estimate of drug-likeness (QED) is 0.794. The number of nitrogens with two attached hydrogens (primary N) is 1. The number of hydrogen-bond donors (Lipinski definition) is 2. The molecular weight excluding hydrogens is 262 g/mol. The monoisotopic (exact) mass is 283 g/mol. The molecule has 3 N–H and O–H groups in total. The number of hydrogen-bond acceptors (Lipinski definition) is 5. The van der Waals surface area contributed by atoms with Gasteiger partial charge in [-0.05, 0) is 43.4 Å². The Morgan fingerprint density at radius 3 is 2.76 bits per heavy atom. The maximum atomic E-state index is 5.83. The molecule has 21 heavy (non-hydrogen) atoms. The number of aromatic nitrogens is 3. The first-order chi connectivity index (χ1) is 10.3. The molecule has 1 aliphatic rings. The first-order valence-corrected chi connectivity index (χ1v) is 7.51. The molecule has 0 atom stereocenters. The topological polar surface area (TPSA) is 76.7 Å². The molecule has 0 aliphatic heterocycles. The lowest BCUT2D eigenvalue weighted by atomic mass is 9.79. The second-order valence-corrected chi connectivity index (χ2v) is 5.64. The van der Waals surface area contributed by atoms with Crippen molar-refractivity contribution in [2.75, 3.05) is 11.9 Å². The van der Waals surface area contributed by atoms with Crippen molar-refractivity contribution in [3.8, 4) is 0 Å². The summed E-state index contributed by atoms with van der Waals surface area (Å²) in [5.41, 5.74) is 8.27. The second-order valence-electron chi connectivity index (χ2n) is 5.64. The van der Waals surface area contributed by atoms with Gasteiger partial charge in [0, 0.05) is 42.7 Å². The average molecular weight is 283 g/mol. The summed E-state index contributed by atoms with van der Waals surface area (Å²) in [5, 5.41) is 3.37. The third-order valence-electron chi connectivity index (χ3n) is 3.98. The molecular formula is C16H21N5. The summed E-state index contributed by atoms with van der Waals surface area (Å²) in [6.07, 6.45) is 9.51. The molecule has 1 aliphatic carbocycles. The van der Waals surface area contributed by atoms with E-state index in [9.17, 15) is 0 Å². The lowest BCUT2D eigenvalue weighted by molar-refractivity contribution is 0.345. The van der Waals surface area contributed by atoms with Crippen molar-refractivity contribution in [1.82, 2.24) is 15.0 Å². The molecule has 0 aromatic carbocycles. The summed E-state index contributed by atoms with van der Waals surface area (Å²) in [6.45, 7) is 0.906. The number of nitrogens with zero attached hydrogens (tertiary/aromatic N) is 3. The SMILES string of the molecule is NC1CC(c2cc(NCCCc3ccncc3)ncn2)C1. The van der Waals surface area contributed by atoms with Crippen LogP contribution in [0.15, 0.2) is 36.9 Å². The highest BCUT2D eigenvalue weighted by molar-refractivity contribution is 5.36. The maximum absolute atomic E-state index is 5.83. The third-order valence-corrected chi connectivity index (χ3v) is 3.98. The largest absolute Gasteiger partial charge is 0.370 e. The molecule has 1 saturated carbocycles. The van der Waals surface area contributed by atoms with Gasteiger partial charge >= 0.3 is 0 Å². The van der Waals surface area contributed by atoms with Gasteiger partial charge in [0.1, 0.15) is 12.1 Å². The molecule has 5 heteroatoms. The van der Waals surface area contributed by atoms with E-state index in [1.165, 1.54) is 5.56 Å². The first-order valence-electron chi connectivity index (χ1n) is 7.51. The summed E-state index contributed by atoms with van der Waals surface area (Å²) < 4.78 is 0. The fraction of sp³-hybridized carbons (Fsp3) is 0.438. The van der Waals surface area contributed by atoms with E-state index in [0.29, 0.717) is 12.0 Å². The number of anilines is 1. The summed E-state index contributed by atoms with van der Waals surface area (Å²) in [5.74, 6) is 1.43. The van der Waals surface area contributed by atoms with E-state index in [0.717, 1.165) is 43.7 Å². The number of rotatable bonds is 6. The predicted octanol–water partition coefficient (Wildman–Crippen LogP) is 2.12. The molecule has 0 spiro atoms. The minimum atomic E-state index is 0.349. The van der Waals surface area contributed by atoms with Crippen LogP contribution in [-0.2, 0) is 6.42 Å². The summed E-state index contributed by atoms with van der Waals surface area (Å²) in [6, 6.07) is 6.52. The molecule has 2 aromatic rings. The lowest BCUT2D eigenvalue weighted by Crippen LogP contribution is -2.35. The maximum Gasteiger partial charge on any atom is 0.129 e. The van der Waals surface area contributed by atoms with Crippen molar-refractivity contribution in [3.05, 3.63) is 48.2 Å². The molecule has 0 radical (unpaired) electrons. The highest BCUT2D eigenvalue weighted by atomic mass is 15.0. The summed E-state index contributed by atoms with van der Waals surface area (Å²) in [4.78, 5) is 12.7. The lowest BCUT2D eigenvalue weighted by Gasteiger charge is -2.31. The highest BCUT2D eigenvalue weighted by Gasteiger charge is 2.28. The fourth-order valence-corrected chi connectivity index (χ4v) is 2.65. The van der Waals surface area contributed by atoms with Crippen molar-refractivity contribution in [1.29, 1.82) is 0 Å². The van der Waals surface area contributed by atoms with Crippen LogP contribution in [0.1, 0.15) is 36.4 Å². The Balaban J connectivity index is 1.46. The van der Waals surface area contributed by atoms with Gasteiger partial charge in [0.25, 0.3) is 0 Å². The van der Waals surface area contributed by atoms with E-state index >= 15 is 0 Å². The number of aryl methyl sites for hydroxylation is 1. The summed E-state index contributed by atoms with van der Waals surface area (Å²) >= 11 is 0. The van der Waals surface area contributed by atoms with Gasteiger partial charge in [-0.1, -0.05) is 0 Å². The van der Waals surface area contributed by atoms with Crippen LogP contribution in [0.3, 0.4) is 0 Å². The van der Waals surface area contributed by atoms with Crippen molar-refractivity contribution < 1.29 is 0 Å². The van der Waals surface area contributed by atoms with Crippen LogP contribution in [0.5, 0.6) is 0 Å². The number of nitrogens with one attached hydrogen (secondary N) is 1. The van der Waals surface area contributed by atoms with Gasteiger partial charge in [-0.3, -0.25) is 4.98 Å². The van der Waals surface area contributed by atoms with E-state index in [-0.39, 0.29) is 0 Å². The predicted molar refractivity (Wildman–Crippen MR) is 83.0 cm³/mol. The van der Waals surface area contributed by atoms with Crippen LogP contribution in [0.25, 0.3) is 0 Å². The van der Waals surface area contributed by atoms with Crippen LogP contribution < -0.4 is 11.1 Å². The van der Waals surface area contributed by atoms with Gasteiger partial charge in [-0.25, -0.2) is 9.97 Å². The Morgan fingerprint density at radius 2 is 2.00 bits per heavy atom. The second kappa shape index (κ2) is 6.63. The minimum absolute atomic E-state index is 0.349. The molecule has 2 heterocycles. The zero-order valence-corrected chi connectivity index (χ0v) is 12.1. The average Bonchev–Trinajstić information content (AvgIpc) is 2.50. The Kier molecular flexibility index (Phi) is 4.40. The van der Waals surface area contributed by atoms with Gasteiger partial charge in [0.2, 0.25) is 0 Å². The molecule has 110 valence electrons. The van der Waals surface area contributed by atoms with Gasteiger partial charge in [-0.15, -0.1) is 0 Å². The number of pyridine rings is 1. The molecule has 0 amide bonds. The van der Waals surface area contributed by atoms with Crippen LogP contribution in [0.4, 0.5) is 5.82 Å². The Labute approximate surface area is 125 Å². The first kappa shape index (κ1) is 13.9. The molecule has 1 fully saturated rings. The zero-order chi connectivity index (χ0) is 14.5. The minimum Gasteiger partial charge on any atom is -0.370 e. The molecule has 5 nitrogen and oxygen atoms in total. The van der Waals surface area contributed by atoms with E-state index in [1.807, 2.05) is 12.4 Å². The molecule has 2 aromatic heterocycles. The van der Waals surface area contributed by atoms with Crippen LogP contribution in [0, 0.1) is 0 Å². The van der Waals surface area contributed by atoms with Gasteiger partial charge in [-0.2, -0.15) is 0 Å². The highest BCUT2D eigenvalue weighted by Crippen LogP contribution is 2.34. The van der Waals surface area contributed by atoms with Gasteiger partial charge in [0.05, 0.1) is 0 Å². The van der Waals surface area contributed by atoms with Crippen molar-refractivity contribution in [3.63, 3.8) is 0 Å². The van der Waals surface area contributed by atoms with Crippen LogP contribution >= 0.6 is 0 Å². The zero-order valence-electron chi connectivity index (χ0n) is 12.1. The fourth-order valence-electron chi connectivity index (χ4n) is 2.65. The Hall–Kier alpha value is -2.01. The normalized spacial score (nSPS) is 20.8.